The molecule has 2 heterocycles. The van der Waals surface area contributed by atoms with Crippen molar-refractivity contribution >= 4 is 39.6 Å². The van der Waals surface area contributed by atoms with Crippen LogP contribution in [0.4, 0.5) is 0 Å². The Kier molecular flexibility index (Phi) is 4.28. The van der Waals surface area contributed by atoms with E-state index in [1.165, 1.54) is 11.3 Å². The second-order valence-electron chi connectivity index (χ2n) is 7.55. The van der Waals surface area contributed by atoms with Crippen LogP contribution in [0.1, 0.15) is 33.6 Å². The molecule has 3 N–H and O–H groups in total. The first-order chi connectivity index (χ1) is 14.0. The Bertz CT molecular complexity index is 1220. The Labute approximate surface area is 176 Å². The highest BCUT2D eigenvalue weighted by Crippen LogP contribution is 2.48. The highest BCUT2D eigenvalue weighted by atomic mass is 35.5. The predicted octanol–water partition coefficient (Wildman–Crippen LogP) is 5.51. The van der Waals surface area contributed by atoms with Crippen molar-refractivity contribution in [3.05, 3.63) is 74.9 Å². The normalized spacial score (nSPS) is 15.0. The summed E-state index contributed by atoms with van der Waals surface area (Å²) in [6.07, 6.45) is 2.01. The number of rotatable bonds is 5. The summed E-state index contributed by atoms with van der Waals surface area (Å²) in [7, 11) is 0. The van der Waals surface area contributed by atoms with Gasteiger partial charge in [-0.1, -0.05) is 41.9 Å². The fourth-order valence-electron chi connectivity index (χ4n) is 3.88. The van der Waals surface area contributed by atoms with Gasteiger partial charge in [0.05, 0.1) is 27.6 Å². The molecule has 29 heavy (non-hydrogen) atoms. The molecule has 0 saturated heterocycles. The first-order valence-electron chi connectivity index (χ1n) is 9.36. The first-order valence-corrected chi connectivity index (χ1v) is 10.6. The van der Waals surface area contributed by atoms with Crippen molar-refractivity contribution < 1.29 is 15.0 Å². The van der Waals surface area contributed by atoms with Gasteiger partial charge in [0.15, 0.2) is 0 Å². The molecule has 4 aromatic rings. The molecule has 1 aliphatic rings. The maximum absolute atomic E-state index is 12.9. The molecule has 0 atom stereocenters. The molecule has 4 nitrogen and oxygen atoms in total. The van der Waals surface area contributed by atoms with Crippen LogP contribution in [0.5, 0.6) is 5.88 Å². The van der Waals surface area contributed by atoms with Gasteiger partial charge in [-0.05, 0) is 47.5 Å². The molecule has 2 aromatic carbocycles. The third-order valence-corrected chi connectivity index (χ3v) is 6.98. The van der Waals surface area contributed by atoms with Gasteiger partial charge in [0.25, 0.3) is 0 Å². The lowest BCUT2D eigenvalue weighted by molar-refractivity contribution is 0.104. The number of ketones is 1. The van der Waals surface area contributed by atoms with Gasteiger partial charge in [0.2, 0.25) is 11.7 Å². The number of aromatic hydroxyl groups is 1. The van der Waals surface area contributed by atoms with Gasteiger partial charge < -0.3 is 15.2 Å². The third kappa shape index (κ3) is 2.97. The number of carbonyl (C=O) groups is 1. The molecule has 5 rings (SSSR count). The van der Waals surface area contributed by atoms with Crippen molar-refractivity contribution in [2.45, 2.75) is 18.3 Å². The van der Waals surface area contributed by atoms with Gasteiger partial charge in [-0.2, -0.15) is 0 Å². The van der Waals surface area contributed by atoms with Crippen LogP contribution in [0.25, 0.3) is 22.0 Å². The maximum Gasteiger partial charge on any atom is 0.208 e. The quantitative estimate of drug-likeness (QED) is 0.370. The van der Waals surface area contributed by atoms with Gasteiger partial charge >= 0.3 is 0 Å². The van der Waals surface area contributed by atoms with E-state index in [-0.39, 0.29) is 29.2 Å². The van der Waals surface area contributed by atoms with Crippen molar-refractivity contribution in [1.82, 2.24) is 4.98 Å². The lowest BCUT2D eigenvalue weighted by atomic mass is 9.94. The Balaban J connectivity index is 1.61. The lowest BCUT2D eigenvalue weighted by Gasteiger charge is -2.13. The number of thiophene rings is 1. The van der Waals surface area contributed by atoms with E-state index in [1.54, 1.807) is 12.1 Å². The number of aromatic nitrogens is 1. The zero-order valence-corrected chi connectivity index (χ0v) is 17.0. The monoisotopic (exact) mass is 423 g/mol. The molecule has 0 aliphatic heterocycles. The zero-order valence-electron chi connectivity index (χ0n) is 15.4. The number of benzene rings is 2. The number of halogens is 1. The van der Waals surface area contributed by atoms with Crippen LogP contribution in [0.2, 0.25) is 5.02 Å². The first kappa shape index (κ1) is 18.4. The van der Waals surface area contributed by atoms with Crippen molar-refractivity contribution in [2.24, 2.45) is 0 Å². The van der Waals surface area contributed by atoms with Crippen molar-refractivity contribution in [1.29, 1.82) is 0 Å². The summed E-state index contributed by atoms with van der Waals surface area (Å²) in [6.45, 7) is 0.163. The molecule has 0 spiro atoms. The average Bonchev–Trinajstić information content (AvgIpc) is 3.19. The lowest BCUT2D eigenvalue weighted by Crippen LogP contribution is -2.11. The summed E-state index contributed by atoms with van der Waals surface area (Å²) in [5.41, 5.74) is 3.63. The molecular formula is C23H18ClNO3S. The van der Waals surface area contributed by atoms with E-state index in [0.29, 0.717) is 20.8 Å². The molecule has 2 aromatic heterocycles. The van der Waals surface area contributed by atoms with Crippen molar-refractivity contribution in [2.75, 3.05) is 6.61 Å². The standard InChI is InChI=1S/C23H18ClNO3S/c24-17-11-18-16(20(22(28)25-18)21(27)19-2-1-9-29-19)10-15(17)13-3-5-14(6-4-13)23(12-26)7-8-23/h1-6,9-11,25-26,28H,7-8,12H2. The molecule has 1 saturated carbocycles. The molecule has 0 amide bonds. The SMILES string of the molecule is O=C(c1cccs1)c1c(O)[nH]c2cc(Cl)c(-c3ccc(C4(CO)CC4)cc3)cc12. The number of carbonyl (C=O) groups excluding carboxylic acids is 1. The highest BCUT2D eigenvalue weighted by Gasteiger charge is 2.43. The Hall–Kier alpha value is -2.60. The second kappa shape index (κ2) is 6.73. The van der Waals surface area contributed by atoms with Crippen LogP contribution in [0.3, 0.4) is 0 Å². The number of aromatic amines is 1. The van der Waals surface area contributed by atoms with Gasteiger partial charge in [0.1, 0.15) is 0 Å². The zero-order chi connectivity index (χ0) is 20.2. The Morgan fingerprint density at radius 1 is 1.17 bits per heavy atom. The topological polar surface area (TPSA) is 73.3 Å². The largest absolute Gasteiger partial charge is 0.494 e. The van der Waals surface area contributed by atoms with Gasteiger partial charge in [0, 0.05) is 16.4 Å². The van der Waals surface area contributed by atoms with Crippen LogP contribution in [-0.2, 0) is 5.41 Å². The van der Waals surface area contributed by atoms with E-state index in [9.17, 15) is 15.0 Å². The molecule has 146 valence electrons. The fourth-order valence-corrected chi connectivity index (χ4v) is 4.82. The highest BCUT2D eigenvalue weighted by molar-refractivity contribution is 7.12. The van der Waals surface area contributed by atoms with Gasteiger partial charge in [-0.3, -0.25) is 4.79 Å². The van der Waals surface area contributed by atoms with E-state index in [4.69, 9.17) is 11.6 Å². The van der Waals surface area contributed by atoms with Crippen molar-refractivity contribution in [3.63, 3.8) is 0 Å². The maximum atomic E-state index is 12.9. The molecule has 0 unspecified atom stereocenters. The predicted molar refractivity (Wildman–Crippen MR) is 116 cm³/mol. The number of hydrogen-bond donors (Lipinski definition) is 3. The summed E-state index contributed by atoms with van der Waals surface area (Å²) in [6, 6.07) is 15.2. The Morgan fingerprint density at radius 3 is 2.55 bits per heavy atom. The van der Waals surface area contributed by atoms with E-state index >= 15 is 0 Å². The number of hydrogen-bond acceptors (Lipinski definition) is 4. The minimum absolute atomic E-state index is 0.0843. The van der Waals surface area contributed by atoms with Gasteiger partial charge in [-0.15, -0.1) is 11.3 Å². The number of nitrogens with one attached hydrogen (secondary N) is 1. The van der Waals surface area contributed by atoms with E-state index in [2.05, 4.69) is 4.98 Å². The van der Waals surface area contributed by atoms with E-state index in [1.807, 2.05) is 41.8 Å². The molecule has 0 bridgehead atoms. The van der Waals surface area contributed by atoms with Crippen LogP contribution >= 0.6 is 22.9 Å². The number of fused-ring (bicyclic) bond motifs is 1. The number of aliphatic hydroxyl groups excluding tert-OH is 1. The minimum atomic E-state index is -0.217. The second-order valence-corrected chi connectivity index (χ2v) is 8.90. The number of aliphatic hydroxyl groups is 1. The van der Waals surface area contributed by atoms with Gasteiger partial charge in [-0.25, -0.2) is 0 Å². The minimum Gasteiger partial charge on any atom is -0.494 e. The summed E-state index contributed by atoms with van der Waals surface area (Å²) >= 11 is 7.86. The molecular weight excluding hydrogens is 406 g/mol. The van der Waals surface area contributed by atoms with Crippen LogP contribution in [0, 0.1) is 0 Å². The van der Waals surface area contributed by atoms with Crippen LogP contribution < -0.4 is 0 Å². The van der Waals surface area contributed by atoms with Crippen LogP contribution in [0.15, 0.2) is 53.9 Å². The van der Waals surface area contributed by atoms with E-state index < -0.39 is 0 Å². The van der Waals surface area contributed by atoms with Crippen LogP contribution in [-0.4, -0.2) is 27.6 Å². The summed E-state index contributed by atoms with van der Waals surface area (Å²) in [5, 5.41) is 23.0. The van der Waals surface area contributed by atoms with Crippen molar-refractivity contribution in [3.8, 4) is 17.0 Å². The molecule has 6 heteroatoms. The summed E-state index contributed by atoms with van der Waals surface area (Å²) < 4.78 is 0. The molecule has 1 aliphatic carbocycles. The molecule has 1 fully saturated rings. The third-order valence-electron chi connectivity index (χ3n) is 5.80. The summed E-state index contributed by atoms with van der Waals surface area (Å²) in [5.74, 6) is -0.369. The summed E-state index contributed by atoms with van der Waals surface area (Å²) in [4.78, 5) is 16.3. The molecule has 0 radical (unpaired) electrons. The van der Waals surface area contributed by atoms with E-state index in [0.717, 1.165) is 29.5 Å². The fraction of sp³-hybridized carbons (Fsp3) is 0.174. The number of H-pyrrole nitrogens is 1. The average molecular weight is 424 g/mol. The smallest absolute Gasteiger partial charge is 0.208 e. The Morgan fingerprint density at radius 2 is 1.93 bits per heavy atom.